The maximum atomic E-state index is 14.0. The summed E-state index contributed by atoms with van der Waals surface area (Å²) < 4.78 is 5.99. The van der Waals surface area contributed by atoms with Crippen LogP contribution in [0.4, 0.5) is 0 Å². The van der Waals surface area contributed by atoms with Gasteiger partial charge in [-0.15, -0.1) is 0 Å². The first-order chi connectivity index (χ1) is 16.6. The standard InChI is InChI=1S/C30H28BrO2P/c1-2-15-29(30(32)33-24-25-16-7-3-8-17-25)34(31,26-18-9-4-10-19-26,27-20-11-5-12-21-27)28-22-13-6-14-23-28/h2-23,29H,24H2,1H3/b15-2+. The second-order valence-corrected chi connectivity index (χ2v) is 16.8. The van der Waals surface area contributed by atoms with Gasteiger partial charge in [0.1, 0.15) is 0 Å². The first-order valence-corrected chi connectivity index (χ1v) is 15.6. The van der Waals surface area contributed by atoms with Crippen LogP contribution in [0.5, 0.6) is 0 Å². The second kappa shape index (κ2) is 10.5. The summed E-state index contributed by atoms with van der Waals surface area (Å²) in [6.45, 7) is 2.18. The average molecular weight is 531 g/mol. The van der Waals surface area contributed by atoms with E-state index in [0.29, 0.717) is 0 Å². The number of esters is 1. The molecular weight excluding hydrogens is 503 g/mol. The van der Waals surface area contributed by atoms with E-state index in [1.807, 2.05) is 104 Å². The van der Waals surface area contributed by atoms with Crippen LogP contribution < -0.4 is 15.9 Å². The van der Waals surface area contributed by atoms with E-state index >= 15 is 0 Å². The number of benzene rings is 4. The zero-order valence-electron chi connectivity index (χ0n) is 19.1. The van der Waals surface area contributed by atoms with Crippen molar-refractivity contribution >= 4 is 42.7 Å². The van der Waals surface area contributed by atoms with Crippen LogP contribution >= 0.6 is 20.8 Å². The molecule has 0 radical (unpaired) electrons. The molecule has 0 aliphatic rings. The first kappa shape index (κ1) is 24.1. The number of hydrogen-bond acceptors (Lipinski definition) is 2. The van der Waals surface area contributed by atoms with E-state index < -0.39 is 11.0 Å². The molecule has 0 spiro atoms. The van der Waals surface area contributed by atoms with Gasteiger partial charge in [0.2, 0.25) is 0 Å². The Labute approximate surface area is 210 Å². The number of hydrogen-bond donors (Lipinski definition) is 0. The van der Waals surface area contributed by atoms with Gasteiger partial charge in [0, 0.05) is 0 Å². The van der Waals surface area contributed by atoms with Gasteiger partial charge in [0.05, 0.1) is 0 Å². The predicted octanol–water partition coefficient (Wildman–Crippen LogP) is 6.51. The van der Waals surface area contributed by atoms with Crippen LogP contribution in [0.25, 0.3) is 0 Å². The predicted molar refractivity (Wildman–Crippen MR) is 149 cm³/mol. The molecule has 0 saturated heterocycles. The summed E-state index contributed by atoms with van der Waals surface area (Å²) in [5.41, 5.74) is 0.399. The van der Waals surface area contributed by atoms with Crippen LogP contribution in [0.3, 0.4) is 0 Å². The van der Waals surface area contributed by atoms with E-state index in [0.717, 1.165) is 21.5 Å². The molecule has 4 aromatic rings. The number of halogens is 1. The van der Waals surface area contributed by atoms with Gasteiger partial charge in [-0.3, -0.25) is 0 Å². The summed E-state index contributed by atoms with van der Waals surface area (Å²) in [6.07, 6.45) is 3.94. The number of ether oxygens (including phenoxy) is 1. The van der Waals surface area contributed by atoms with Gasteiger partial charge in [-0.25, -0.2) is 0 Å². The fourth-order valence-corrected chi connectivity index (χ4v) is 12.7. The molecule has 2 nitrogen and oxygen atoms in total. The minimum atomic E-state index is -3.55. The molecule has 0 fully saturated rings. The Bertz CT molecular complexity index is 1140. The molecule has 34 heavy (non-hydrogen) atoms. The normalized spacial score (nSPS) is 13.6. The molecule has 0 bridgehead atoms. The Balaban J connectivity index is 1.98. The third-order valence-electron chi connectivity index (χ3n) is 6.15. The van der Waals surface area contributed by atoms with Crippen molar-refractivity contribution in [3.05, 3.63) is 139 Å². The topological polar surface area (TPSA) is 26.3 Å². The van der Waals surface area contributed by atoms with Crippen LogP contribution in [-0.4, -0.2) is 11.6 Å². The zero-order chi connectivity index (χ0) is 23.9. The molecule has 4 aromatic carbocycles. The van der Waals surface area contributed by atoms with E-state index in [4.69, 9.17) is 4.74 Å². The van der Waals surface area contributed by atoms with Gasteiger partial charge in [0.15, 0.2) is 0 Å². The van der Waals surface area contributed by atoms with Crippen LogP contribution in [0.2, 0.25) is 0 Å². The summed E-state index contributed by atoms with van der Waals surface area (Å²) >= 11 is 4.39. The zero-order valence-corrected chi connectivity index (χ0v) is 21.6. The maximum absolute atomic E-state index is 14.0. The quantitative estimate of drug-likeness (QED) is 0.147. The molecule has 172 valence electrons. The number of allylic oxidation sites excluding steroid dienone is 1. The van der Waals surface area contributed by atoms with Crippen LogP contribution in [0, 0.1) is 0 Å². The van der Waals surface area contributed by atoms with Gasteiger partial charge >= 0.3 is 210 Å². The number of rotatable bonds is 8. The van der Waals surface area contributed by atoms with Crippen molar-refractivity contribution < 1.29 is 9.53 Å². The van der Waals surface area contributed by atoms with Crippen molar-refractivity contribution in [2.45, 2.75) is 19.2 Å². The fraction of sp³-hybridized carbons (Fsp3) is 0.100. The molecule has 4 heteroatoms. The van der Waals surface area contributed by atoms with Gasteiger partial charge in [-0.05, 0) is 0 Å². The summed E-state index contributed by atoms with van der Waals surface area (Å²) in [4.78, 5) is 14.0. The van der Waals surface area contributed by atoms with Crippen molar-refractivity contribution in [3.8, 4) is 0 Å². The Morgan fingerprint density at radius 3 is 1.50 bits per heavy atom. The molecular formula is C30H28BrO2P. The Hall–Kier alpha value is -3.00. The van der Waals surface area contributed by atoms with E-state index in [1.165, 1.54) is 0 Å². The molecule has 0 aromatic heterocycles. The van der Waals surface area contributed by atoms with Gasteiger partial charge in [-0.1, -0.05) is 0 Å². The van der Waals surface area contributed by atoms with Crippen molar-refractivity contribution in [3.63, 3.8) is 0 Å². The summed E-state index contributed by atoms with van der Waals surface area (Å²) in [6, 6.07) is 40.7. The molecule has 4 rings (SSSR count). The molecule has 0 N–H and O–H groups in total. The molecule has 1 atom stereocenters. The third-order valence-corrected chi connectivity index (χ3v) is 16.5. The van der Waals surface area contributed by atoms with Gasteiger partial charge < -0.3 is 0 Å². The Kier molecular flexibility index (Phi) is 7.46. The number of carbonyl (C=O) groups is 1. The van der Waals surface area contributed by atoms with Gasteiger partial charge in [0.25, 0.3) is 0 Å². The third kappa shape index (κ3) is 4.27. The van der Waals surface area contributed by atoms with Crippen molar-refractivity contribution in [1.29, 1.82) is 0 Å². The summed E-state index contributed by atoms with van der Waals surface area (Å²) in [5, 5.41) is -0.327. The molecule has 0 aliphatic heterocycles. The van der Waals surface area contributed by atoms with Crippen LogP contribution in [0.15, 0.2) is 133 Å². The SMILES string of the molecule is C/C=C/C(C(=O)OCc1ccccc1)P(Br)(c1ccccc1)(c1ccccc1)c1ccccc1. The molecule has 0 heterocycles. The summed E-state index contributed by atoms with van der Waals surface area (Å²) in [5.74, 6) is -0.256. The Morgan fingerprint density at radius 1 is 0.735 bits per heavy atom. The molecule has 0 amide bonds. The van der Waals surface area contributed by atoms with Crippen LogP contribution in [0.1, 0.15) is 12.5 Å². The minimum absolute atomic E-state index is 0.228. The summed E-state index contributed by atoms with van der Waals surface area (Å²) in [7, 11) is 0. The number of carbonyl (C=O) groups excluding carboxylic acids is 1. The molecule has 1 unspecified atom stereocenters. The van der Waals surface area contributed by atoms with Crippen LogP contribution in [-0.2, 0) is 16.1 Å². The van der Waals surface area contributed by atoms with Gasteiger partial charge in [-0.2, -0.15) is 0 Å². The molecule has 0 aliphatic carbocycles. The average Bonchev–Trinajstić information content (AvgIpc) is 2.92. The van der Waals surface area contributed by atoms with E-state index in [9.17, 15) is 4.79 Å². The first-order valence-electron chi connectivity index (χ1n) is 11.3. The second-order valence-electron chi connectivity index (χ2n) is 8.14. The van der Waals surface area contributed by atoms with Crippen molar-refractivity contribution in [1.82, 2.24) is 0 Å². The Morgan fingerprint density at radius 2 is 1.12 bits per heavy atom. The van der Waals surface area contributed by atoms with E-state index in [1.54, 1.807) is 0 Å². The van der Waals surface area contributed by atoms with E-state index in [2.05, 4.69) is 51.9 Å². The van der Waals surface area contributed by atoms with Crippen molar-refractivity contribution in [2.75, 3.05) is 0 Å². The fourth-order valence-electron chi connectivity index (χ4n) is 4.52. The monoisotopic (exact) mass is 530 g/mol. The molecule has 0 saturated carbocycles. The van der Waals surface area contributed by atoms with Crippen molar-refractivity contribution in [2.24, 2.45) is 0 Å². The van der Waals surface area contributed by atoms with E-state index in [-0.39, 0.29) is 12.6 Å².